The molecule has 0 radical (unpaired) electrons. The summed E-state index contributed by atoms with van der Waals surface area (Å²) in [5.74, 6) is 0.0494. The molecule has 6 heteroatoms. The van der Waals surface area contributed by atoms with E-state index in [-0.39, 0.29) is 11.8 Å². The fourth-order valence-electron chi connectivity index (χ4n) is 3.30. The Morgan fingerprint density at radius 3 is 2.32 bits per heavy atom. The van der Waals surface area contributed by atoms with Crippen LogP contribution in [0.25, 0.3) is 0 Å². The monoisotopic (exact) mass is 399 g/mol. The van der Waals surface area contributed by atoms with Gasteiger partial charge in [0.2, 0.25) is 11.8 Å². The number of nitrogens with one attached hydrogen (secondary N) is 1. The van der Waals surface area contributed by atoms with Crippen LogP contribution in [0.3, 0.4) is 0 Å². The molecular formula is C22H26ClN3O2. The molecule has 1 saturated heterocycles. The Bertz CT molecular complexity index is 815. The number of anilines is 1. The summed E-state index contributed by atoms with van der Waals surface area (Å²) in [4.78, 5) is 28.7. The highest BCUT2D eigenvalue weighted by Crippen LogP contribution is 2.17. The Balaban J connectivity index is 1.43. The number of halogens is 1. The van der Waals surface area contributed by atoms with Gasteiger partial charge in [-0.25, -0.2) is 0 Å². The van der Waals surface area contributed by atoms with E-state index in [9.17, 15) is 9.59 Å². The smallest absolute Gasteiger partial charge is 0.238 e. The summed E-state index contributed by atoms with van der Waals surface area (Å²) < 4.78 is 0. The van der Waals surface area contributed by atoms with Crippen molar-refractivity contribution in [1.82, 2.24) is 9.80 Å². The molecule has 148 valence electrons. The third-order valence-electron chi connectivity index (χ3n) is 5.04. The van der Waals surface area contributed by atoms with E-state index in [1.807, 2.05) is 47.4 Å². The Kier molecular flexibility index (Phi) is 7.06. The molecule has 0 bridgehead atoms. The first-order chi connectivity index (χ1) is 13.5. The number of carbonyl (C=O) groups excluding carboxylic acids is 2. The van der Waals surface area contributed by atoms with Crippen LogP contribution >= 0.6 is 11.6 Å². The molecule has 1 fully saturated rings. The maximum Gasteiger partial charge on any atom is 0.238 e. The van der Waals surface area contributed by atoms with Gasteiger partial charge in [-0.2, -0.15) is 0 Å². The highest BCUT2D eigenvalue weighted by Gasteiger charge is 2.23. The summed E-state index contributed by atoms with van der Waals surface area (Å²) in [5, 5.41) is 3.56. The highest BCUT2D eigenvalue weighted by atomic mass is 35.5. The zero-order valence-electron chi connectivity index (χ0n) is 16.2. The molecule has 28 heavy (non-hydrogen) atoms. The van der Waals surface area contributed by atoms with Crippen molar-refractivity contribution in [2.24, 2.45) is 0 Å². The number of hydrogen-bond donors (Lipinski definition) is 1. The summed E-state index contributed by atoms with van der Waals surface area (Å²) in [6, 6.07) is 15.4. The summed E-state index contributed by atoms with van der Waals surface area (Å²) in [6.07, 6.45) is 1.29. The molecule has 0 saturated carbocycles. The van der Waals surface area contributed by atoms with Crippen molar-refractivity contribution >= 4 is 29.1 Å². The van der Waals surface area contributed by atoms with Gasteiger partial charge in [0.25, 0.3) is 0 Å². The van der Waals surface area contributed by atoms with Crippen molar-refractivity contribution in [1.29, 1.82) is 0 Å². The van der Waals surface area contributed by atoms with E-state index in [0.29, 0.717) is 44.2 Å². The fraction of sp³-hybridized carbons (Fsp3) is 0.364. The molecule has 2 amide bonds. The molecule has 0 spiro atoms. The number of nitrogens with zero attached hydrogens (tertiary/aromatic N) is 2. The van der Waals surface area contributed by atoms with E-state index in [1.54, 1.807) is 6.07 Å². The van der Waals surface area contributed by atoms with Gasteiger partial charge in [-0.05, 0) is 35.7 Å². The van der Waals surface area contributed by atoms with Crippen molar-refractivity contribution in [3.05, 3.63) is 64.7 Å². The van der Waals surface area contributed by atoms with E-state index in [1.165, 1.54) is 5.56 Å². The molecule has 0 unspecified atom stereocenters. The Hall–Kier alpha value is -2.37. The third-order valence-corrected chi connectivity index (χ3v) is 5.41. The number of hydrogen-bond acceptors (Lipinski definition) is 3. The zero-order chi connectivity index (χ0) is 19.9. The molecule has 1 aliphatic rings. The van der Waals surface area contributed by atoms with E-state index in [0.717, 1.165) is 17.7 Å². The molecular weight excluding hydrogens is 374 g/mol. The second kappa shape index (κ2) is 9.71. The minimum atomic E-state index is -0.0277. The van der Waals surface area contributed by atoms with E-state index in [4.69, 9.17) is 11.6 Å². The van der Waals surface area contributed by atoms with Crippen LogP contribution < -0.4 is 5.32 Å². The van der Waals surface area contributed by atoms with Crippen LogP contribution in [0.15, 0.2) is 48.5 Å². The van der Waals surface area contributed by atoms with Crippen LogP contribution in [0.2, 0.25) is 5.02 Å². The largest absolute Gasteiger partial charge is 0.340 e. The van der Waals surface area contributed by atoms with Gasteiger partial charge in [-0.15, -0.1) is 0 Å². The summed E-state index contributed by atoms with van der Waals surface area (Å²) in [5.41, 5.74) is 2.91. The molecule has 2 aromatic rings. The first kappa shape index (κ1) is 20.4. The topological polar surface area (TPSA) is 52.7 Å². The molecule has 1 heterocycles. The number of amides is 2. The minimum Gasteiger partial charge on any atom is -0.340 e. The average Bonchev–Trinajstić information content (AvgIpc) is 2.71. The van der Waals surface area contributed by atoms with Gasteiger partial charge < -0.3 is 10.2 Å². The number of carbonyl (C=O) groups is 2. The molecule has 2 aromatic carbocycles. The van der Waals surface area contributed by atoms with Gasteiger partial charge in [0.05, 0.1) is 13.0 Å². The number of aryl methyl sites for hydroxylation is 1. The van der Waals surface area contributed by atoms with Gasteiger partial charge in [-0.1, -0.05) is 48.9 Å². The lowest BCUT2D eigenvalue weighted by Gasteiger charge is -2.34. The SMILES string of the molecule is CCc1ccc(NC(=O)CN2CCN(C(=O)Cc3ccccc3Cl)CC2)cc1. The lowest BCUT2D eigenvalue weighted by Crippen LogP contribution is -2.50. The van der Waals surface area contributed by atoms with Crippen molar-refractivity contribution in [2.75, 3.05) is 38.0 Å². The van der Waals surface area contributed by atoms with Crippen LogP contribution in [0.4, 0.5) is 5.69 Å². The second-order valence-electron chi connectivity index (χ2n) is 7.02. The fourth-order valence-corrected chi connectivity index (χ4v) is 3.50. The van der Waals surface area contributed by atoms with Crippen molar-refractivity contribution in [2.45, 2.75) is 19.8 Å². The van der Waals surface area contributed by atoms with Crippen LogP contribution in [0.5, 0.6) is 0 Å². The average molecular weight is 400 g/mol. The lowest BCUT2D eigenvalue weighted by atomic mass is 10.1. The summed E-state index contributed by atoms with van der Waals surface area (Å²) in [7, 11) is 0. The van der Waals surface area contributed by atoms with Crippen LogP contribution in [-0.4, -0.2) is 54.3 Å². The first-order valence-corrected chi connectivity index (χ1v) is 10.0. The quantitative estimate of drug-likeness (QED) is 0.811. The Morgan fingerprint density at radius 1 is 1.00 bits per heavy atom. The van der Waals surface area contributed by atoms with E-state index in [2.05, 4.69) is 17.1 Å². The van der Waals surface area contributed by atoms with Gasteiger partial charge >= 0.3 is 0 Å². The Morgan fingerprint density at radius 2 is 1.68 bits per heavy atom. The molecule has 0 aliphatic carbocycles. The molecule has 1 aliphatic heterocycles. The third kappa shape index (κ3) is 5.57. The molecule has 5 nitrogen and oxygen atoms in total. The number of piperazine rings is 1. The van der Waals surface area contributed by atoms with Gasteiger partial charge in [0.15, 0.2) is 0 Å². The summed E-state index contributed by atoms with van der Waals surface area (Å²) >= 11 is 6.15. The number of rotatable bonds is 6. The van der Waals surface area contributed by atoms with E-state index >= 15 is 0 Å². The molecule has 3 rings (SSSR count). The van der Waals surface area contributed by atoms with Gasteiger partial charge in [0.1, 0.15) is 0 Å². The lowest BCUT2D eigenvalue weighted by molar-refractivity contribution is -0.132. The second-order valence-corrected chi connectivity index (χ2v) is 7.43. The Labute approximate surface area is 171 Å². The normalized spacial score (nSPS) is 14.7. The number of benzene rings is 2. The van der Waals surface area contributed by atoms with Gasteiger partial charge in [0, 0.05) is 36.9 Å². The standard InChI is InChI=1S/C22H26ClN3O2/c1-2-17-7-9-19(10-8-17)24-21(27)16-25-11-13-26(14-12-25)22(28)15-18-5-3-4-6-20(18)23/h3-10H,2,11-16H2,1H3,(H,24,27). The zero-order valence-corrected chi connectivity index (χ0v) is 16.9. The molecule has 0 atom stereocenters. The summed E-state index contributed by atoms with van der Waals surface area (Å²) in [6.45, 7) is 5.07. The van der Waals surface area contributed by atoms with Crippen molar-refractivity contribution in [3.8, 4) is 0 Å². The van der Waals surface area contributed by atoms with Crippen LogP contribution in [0.1, 0.15) is 18.1 Å². The van der Waals surface area contributed by atoms with Crippen LogP contribution in [0, 0.1) is 0 Å². The predicted octanol–water partition coefficient (Wildman–Crippen LogP) is 3.23. The maximum absolute atomic E-state index is 12.5. The van der Waals surface area contributed by atoms with Crippen molar-refractivity contribution in [3.63, 3.8) is 0 Å². The molecule has 0 aromatic heterocycles. The van der Waals surface area contributed by atoms with Gasteiger partial charge in [-0.3, -0.25) is 14.5 Å². The van der Waals surface area contributed by atoms with Crippen LogP contribution in [-0.2, 0) is 22.4 Å². The molecule has 1 N–H and O–H groups in total. The maximum atomic E-state index is 12.5. The minimum absolute atomic E-state index is 0.0277. The van der Waals surface area contributed by atoms with E-state index < -0.39 is 0 Å². The van der Waals surface area contributed by atoms with Crippen molar-refractivity contribution < 1.29 is 9.59 Å². The highest BCUT2D eigenvalue weighted by molar-refractivity contribution is 6.31. The first-order valence-electron chi connectivity index (χ1n) is 9.67. The predicted molar refractivity (Wildman–Crippen MR) is 113 cm³/mol.